The minimum Gasteiger partial charge on any atom is -0.481 e. The summed E-state index contributed by atoms with van der Waals surface area (Å²) in [5.41, 5.74) is 0.740. The van der Waals surface area contributed by atoms with Crippen molar-refractivity contribution >= 4 is 11.7 Å². The van der Waals surface area contributed by atoms with Gasteiger partial charge in [-0.25, -0.2) is 0 Å². The molecule has 1 atom stereocenters. The Morgan fingerprint density at radius 1 is 1.43 bits per heavy atom. The number of rotatable bonds is 4. The highest BCUT2D eigenvalue weighted by Gasteiger charge is 2.04. The van der Waals surface area contributed by atoms with Gasteiger partial charge in [0.2, 0.25) is 0 Å². The molecule has 0 aliphatic carbocycles. The van der Waals surface area contributed by atoms with E-state index in [2.05, 4.69) is 10.2 Å². The van der Waals surface area contributed by atoms with Crippen molar-refractivity contribution in [2.45, 2.75) is 19.4 Å². The van der Waals surface area contributed by atoms with E-state index in [1.54, 1.807) is 6.92 Å². The maximum Gasteiger partial charge on any atom is 0.305 e. The molecule has 0 bridgehead atoms. The molecule has 1 unspecified atom stereocenters. The van der Waals surface area contributed by atoms with Crippen molar-refractivity contribution in [2.24, 2.45) is 10.2 Å². The number of hydrogen-bond donors (Lipinski definition) is 1. The third-order valence-electron chi connectivity index (χ3n) is 1.60. The lowest BCUT2D eigenvalue weighted by Crippen LogP contribution is -2.05. The maximum atomic E-state index is 10.3. The summed E-state index contributed by atoms with van der Waals surface area (Å²) < 4.78 is 0. The predicted molar refractivity (Wildman–Crippen MR) is 52.7 cm³/mol. The molecule has 0 saturated heterocycles. The van der Waals surface area contributed by atoms with Crippen LogP contribution in [0.5, 0.6) is 0 Å². The molecule has 4 nitrogen and oxygen atoms in total. The molecule has 0 aliphatic heterocycles. The Kier molecular flexibility index (Phi) is 3.79. The van der Waals surface area contributed by atoms with Gasteiger partial charge >= 0.3 is 5.97 Å². The zero-order chi connectivity index (χ0) is 10.4. The highest BCUT2D eigenvalue weighted by atomic mass is 16.4. The van der Waals surface area contributed by atoms with E-state index in [9.17, 15) is 4.79 Å². The van der Waals surface area contributed by atoms with E-state index in [-0.39, 0.29) is 12.5 Å². The second kappa shape index (κ2) is 5.11. The number of nitrogens with zero attached hydrogens (tertiary/aromatic N) is 2. The van der Waals surface area contributed by atoms with Crippen LogP contribution in [0.15, 0.2) is 40.6 Å². The van der Waals surface area contributed by atoms with Gasteiger partial charge in [0.15, 0.2) is 0 Å². The Morgan fingerprint density at radius 2 is 2.07 bits per heavy atom. The van der Waals surface area contributed by atoms with E-state index >= 15 is 0 Å². The van der Waals surface area contributed by atoms with Gasteiger partial charge in [0.1, 0.15) is 0 Å². The fourth-order valence-electron chi connectivity index (χ4n) is 0.953. The third kappa shape index (κ3) is 3.80. The molecule has 0 aromatic heterocycles. The number of carbonyl (C=O) groups is 1. The second-order valence-electron chi connectivity index (χ2n) is 3.00. The Hall–Kier alpha value is -1.71. The van der Waals surface area contributed by atoms with Crippen molar-refractivity contribution in [1.29, 1.82) is 0 Å². The van der Waals surface area contributed by atoms with Crippen molar-refractivity contribution in [3.63, 3.8) is 0 Å². The number of aliphatic carboxylic acids is 1. The van der Waals surface area contributed by atoms with E-state index in [0.29, 0.717) is 0 Å². The van der Waals surface area contributed by atoms with Gasteiger partial charge in [-0.3, -0.25) is 4.79 Å². The van der Waals surface area contributed by atoms with Crippen molar-refractivity contribution in [3.05, 3.63) is 30.3 Å². The average molecular weight is 192 g/mol. The predicted octanol–water partition coefficient (Wildman–Crippen LogP) is 2.63. The molecule has 1 aromatic rings. The van der Waals surface area contributed by atoms with E-state index in [0.717, 1.165) is 5.69 Å². The van der Waals surface area contributed by atoms with Gasteiger partial charge in [-0.05, 0) is 19.1 Å². The zero-order valence-electron chi connectivity index (χ0n) is 7.92. The zero-order valence-corrected chi connectivity index (χ0v) is 7.92. The van der Waals surface area contributed by atoms with Crippen LogP contribution in [-0.4, -0.2) is 17.1 Å². The molecule has 1 aromatic carbocycles. The Morgan fingerprint density at radius 3 is 2.64 bits per heavy atom. The molecular formula is C10H12N2O2. The first kappa shape index (κ1) is 10.4. The van der Waals surface area contributed by atoms with Crippen LogP contribution in [0.1, 0.15) is 13.3 Å². The molecule has 0 amide bonds. The summed E-state index contributed by atoms with van der Waals surface area (Å²) in [5, 5.41) is 16.3. The Balaban J connectivity index is 2.52. The number of carboxylic acid groups (broad SMARTS) is 1. The molecule has 0 saturated carbocycles. The highest BCUT2D eigenvalue weighted by molar-refractivity contribution is 5.67. The summed E-state index contributed by atoms with van der Waals surface area (Å²) in [6, 6.07) is 8.95. The van der Waals surface area contributed by atoms with E-state index in [1.807, 2.05) is 30.3 Å². The van der Waals surface area contributed by atoms with Crippen LogP contribution in [0.2, 0.25) is 0 Å². The minimum atomic E-state index is -0.857. The smallest absolute Gasteiger partial charge is 0.305 e. The van der Waals surface area contributed by atoms with Crippen LogP contribution in [0.4, 0.5) is 5.69 Å². The molecule has 1 rings (SSSR count). The van der Waals surface area contributed by atoms with Crippen LogP contribution in [-0.2, 0) is 4.79 Å². The standard InChI is InChI=1S/C10H12N2O2/c1-8(7-10(13)14)11-12-9-5-3-2-4-6-9/h2-6,8H,7H2,1H3,(H,13,14)/b12-11+. The van der Waals surface area contributed by atoms with Gasteiger partial charge in [-0.1, -0.05) is 18.2 Å². The number of azo groups is 1. The molecule has 14 heavy (non-hydrogen) atoms. The Labute approximate surface area is 82.3 Å². The normalized spacial score (nSPS) is 12.9. The third-order valence-corrected chi connectivity index (χ3v) is 1.60. The highest BCUT2D eigenvalue weighted by Crippen LogP contribution is 2.11. The molecule has 1 N–H and O–H groups in total. The fraction of sp³-hybridized carbons (Fsp3) is 0.300. The number of carboxylic acids is 1. The van der Waals surface area contributed by atoms with Gasteiger partial charge in [-0.15, -0.1) is 0 Å². The van der Waals surface area contributed by atoms with Gasteiger partial charge in [0, 0.05) is 0 Å². The molecule has 0 aliphatic rings. The van der Waals surface area contributed by atoms with Crippen LogP contribution < -0.4 is 0 Å². The van der Waals surface area contributed by atoms with Gasteiger partial charge in [0.25, 0.3) is 0 Å². The van der Waals surface area contributed by atoms with Crippen LogP contribution in [0, 0.1) is 0 Å². The number of benzene rings is 1. The van der Waals surface area contributed by atoms with Gasteiger partial charge < -0.3 is 5.11 Å². The molecule has 0 spiro atoms. The number of hydrogen-bond acceptors (Lipinski definition) is 3. The van der Waals surface area contributed by atoms with Crippen LogP contribution >= 0.6 is 0 Å². The first-order valence-corrected chi connectivity index (χ1v) is 4.36. The molecule has 0 fully saturated rings. The maximum absolute atomic E-state index is 10.3. The monoisotopic (exact) mass is 192 g/mol. The molecule has 0 radical (unpaired) electrons. The van der Waals surface area contributed by atoms with Crippen molar-refractivity contribution in [2.75, 3.05) is 0 Å². The lowest BCUT2D eigenvalue weighted by atomic mass is 10.2. The lowest BCUT2D eigenvalue weighted by molar-refractivity contribution is -0.137. The van der Waals surface area contributed by atoms with E-state index in [1.165, 1.54) is 0 Å². The summed E-state index contributed by atoms with van der Waals surface area (Å²) in [6.07, 6.45) is 0.0103. The summed E-state index contributed by atoms with van der Waals surface area (Å²) >= 11 is 0. The van der Waals surface area contributed by atoms with Gasteiger partial charge in [-0.2, -0.15) is 10.2 Å². The lowest BCUT2D eigenvalue weighted by Gasteiger charge is -1.98. The molecular weight excluding hydrogens is 180 g/mol. The first-order valence-electron chi connectivity index (χ1n) is 4.36. The Bertz CT molecular complexity index is 322. The summed E-state index contributed by atoms with van der Waals surface area (Å²) in [5.74, 6) is -0.857. The first-order chi connectivity index (χ1) is 6.68. The summed E-state index contributed by atoms with van der Waals surface area (Å²) in [7, 11) is 0. The average Bonchev–Trinajstić information content (AvgIpc) is 2.15. The quantitative estimate of drug-likeness (QED) is 0.745. The largest absolute Gasteiger partial charge is 0.481 e. The SMILES string of the molecule is CC(CC(=O)O)/N=N/c1ccccc1. The fourth-order valence-corrected chi connectivity index (χ4v) is 0.953. The van der Waals surface area contributed by atoms with Crippen molar-refractivity contribution in [1.82, 2.24) is 0 Å². The summed E-state index contributed by atoms with van der Waals surface area (Å²) in [6.45, 7) is 1.72. The summed E-state index contributed by atoms with van der Waals surface area (Å²) in [4.78, 5) is 10.3. The molecule has 74 valence electrons. The van der Waals surface area contributed by atoms with E-state index < -0.39 is 5.97 Å². The van der Waals surface area contributed by atoms with Crippen LogP contribution in [0.25, 0.3) is 0 Å². The minimum absolute atomic E-state index is 0.0103. The van der Waals surface area contributed by atoms with Crippen molar-refractivity contribution < 1.29 is 9.90 Å². The second-order valence-corrected chi connectivity index (χ2v) is 3.00. The van der Waals surface area contributed by atoms with Crippen LogP contribution in [0.3, 0.4) is 0 Å². The molecule has 4 heteroatoms. The van der Waals surface area contributed by atoms with E-state index in [4.69, 9.17) is 5.11 Å². The van der Waals surface area contributed by atoms with Crippen molar-refractivity contribution in [3.8, 4) is 0 Å². The van der Waals surface area contributed by atoms with Gasteiger partial charge in [0.05, 0.1) is 18.2 Å². The topological polar surface area (TPSA) is 62.0 Å². The molecule has 0 heterocycles.